The van der Waals surface area contributed by atoms with Gasteiger partial charge < -0.3 is 4.90 Å². The van der Waals surface area contributed by atoms with Crippen LogP contribution in [0.3, 0.4) is 0 Å². The summed E-state index contributed by atoms with van der Waals surface area (Å²) in [6, 6.07) is 7.92. The number of aromatic nitrogens is 4. The van der Waals surface area contributed by atoms with Crippen molar-refractivity contribution in [2.24, 2.45) is 0 Å². The Morgan fingerprint density at radius 3 is 2.54 bits per heavy atom. The van der Waals surface area contributed by atoms with Crippen molar-refractivity contribution in [3.8, 4) is 5.82 Å². The quantitative estimate of drug-likeness (QED) is 0.657. The smallest absolute Gasteiger partial charge is 0.161 e. The van der Waals surface area contributed by atoms with E-state index in [0.29, 0.717) is 5.82 Å². The molecule has 0 spiro atoms. The zero-order chi connectivity index (χ0) is 17.1. The summed E-state index contributed by atoms with van der Waals surface area (Å²) in [5, 5.41) is 3.93. The van der Waals surface area contributed by atoms with Crippen LogP contribution in [0.2, 0.25) is 0 Å². The van der Waals surface area contributed by atoms with Crippen LogP contribution < -0.4 is 4.90 Å². The van der Waals surface area contributed by atoms with Crippen LogP contribution in [0.4, 0.5) is 10.2 Å². The predicted octanol–water partition coefficient (Wildman–Crippen LogP) is 4.15. The van der Waals surface area contributed by atoms with Gasteiger partial charge in [0.2, 0.25) is 0 Å². The predicted molar refractivity (Wildman–Crippen MR) is 94.7 cm³/mol. The minimum Gasteiger partial charge on any atom is -0.353 e. The second-order valence-corrected chi connectivity index (χ2v) is 6.34. The maximum Gasteiger partial charge on any atom is 0.161 e. The minimum absolute atomic E-state index is 0.148. The van der Waals surface area contributed by atoms with Gasteiger partial charge in [-0.25, -0.2) is 19.0 Å². The van der Waals surface area contributed by atoms with Gasteiger partial charge in [-0.15, -0.1) is 0 Å². The number of nitrogens with zero attached hydrogens (tertiary/aromatic N) is 5. The Hall–Kier alpha value is -2.28. The van der Waals surface area contributed by atoms with Crippen LogP contribution in [0.25, 0.3) is 5.82 Å². The molecule has 7 heteroatoms. The molecule has 1 atom stereocenters. The highest BCUT2D eigenvalue weighted by atomic mass is 79.9. The summed E-state index contributed by atoms with van der Waals surface area (Å²) in [6.45, 7) is 2.12. The number of pyridine rings is 2. The van der Waals surface area contributed by atoms with Gasteiger partial charge in [0.05, 0.1) is 18.4 Å². The summed E-state index contributed by atoms with van der Waals surface area (Å²) >= 11 is 3.40. The fourth-order valence-electron chi connectivity index (χ4n) is 2.63. The maximum atomic E-state index is 13.1. The van der Waals surface area contributed by atoms with Crippen LogP contribution in [0.15, 0.2) is 53.5 Å². The molecule has 3 rings (SSSR count). The average Bonchev–Trinajstić information content (AvgIpc) is 3.03. The van der Waals surface area contributed by atoms with Gasteiger partial charge in [-0.3, -0.25) is 0 Å². The molecule has 3 aromatic heterocycles. The average molecular weight is 390 g/mol. The van der Waals surface area contributed by atoms with E-state index < -0.39 is 0 Å². The Kier molecular flexibility index (Phi) is 4.89. The van der Waals surface area contributed by atoms with Crippen LogP contribution in [0.5, 0.6) is 0 Å². The molecule has 0 aliphatic carbocycles. The molecular weight excluding hydrogens is 373 g/mol. The lowest BCUT2D eigenvalue weighted by molar-refractivity contribution is 0.626. The van der Waals surface area contributed by atoms with Crippen LogP contribution in [-0.4, -0.2) is 26.8 Å². The van der Waals surface area contributed by atoms with E-state index in [1.165, 1.54) is 10.9 Å². The zero-order valence-corrected chi connectivity index (χ0v) is 15.0. The molecule has 0 bridgehead atoms. The Morgan fingerprint density at radius 2 is 2.00 bits per heavy atom. The van der Waals surface area contributed by atoms with Gasteiger partial charge in [0.15, 0.2) is 11.6 Å². The second-order valence-electron chi connectivity index (χ2n) is 5.42. The molecule has 0 aliphatic rings. The molecule has 0 aromatic carbocycles. The van der Waals surface area contributed by atoms with E-state index in [0.717, 1.165) is 28.5 Å². The van der Waals surface area contributed by atoms with Crippen molar-refractivity contribution >= 4 is 21.7 Å². The molecule has 0 fully saturated rings. The highest BCUT2D eigenvalue weighted by Gasteiger charge is 2.17. The molecule has 3 heterocycles. The SMILES string of the molecule is CCC(c1ccc(-n2cc(F)cn2)nc1)N(C)c1ccc(Br)cn1. The van der Waals surface area contributed by atoms with Crippen molar-refractivity contribution in [2.45, 2.75) is 19.4 Å². The van der Waals surface area contributed by atoms with E-state index in [-0.39, 0.29) is 11.9 Å². The largest absolute Gasteiger partial charge is 0.353 e. The van der Waals surface area contributed by atoms with Crippen molar-refractivity contribution in [2.75, 3.05) is 11.9 Å². The van der Waals surface area contributed by atoms with Gasteiger partial charge in [0, 0.05) is 23.9 Å². The maximum absolute atomic E-state index is 13.1. The summed E-state index contributed by atoms with van der Waals surface area (Å²) in [5.41, 5.74) is 1.07. The fraction of sp³-hybridized carbons (Fsp3) is 0.235. The lowest BCUT2D eigenvalue weighted by atomic mass is 10.1. The van der Waals surface area contributed by atoms with Crippen molar-refractivity contribution in [1.29, 1.82) is 0 Å². The first kappa shape index (κ1) is 16.6. The Morgan fingerprint density at radius 1 is 1.17 bits per heavy atom. The lowest BCUT2D eigenvalue weighted by Crippen LogP contribution is -2.24. The van der Waals surface area contributed by atoms with Gasteiger partial charge >= 0.3 is 0 Å². The molecule has 0 N–H and O–H groups in total. The molecule has 124 valence electrons. The summed E-state index contributed by atoms with van der Waals surface area (Å²) in [4.78, 5) is 11.0. The molecule has 0 saturated carbocycles. The van der Waals surface area contributed by atoms with Gasteiger partial charge in [-0.05, 0) is 46.1 Å². The third kappa shape index (κ3) is 3.46. The summed E-state index contributed by atoms with van der Waals surface area (Å²) in [5.74, 6) is 1.10. The summed E-state index contributed by atoms with van der Waals surface area (Å²) < 4.78 is 15.4. The van der Waals surface area contributed by atoms with E-state index in [1.54, 1.807) is 12.4 Å². The third-order valence-electron chi connectivity index (χ3n) is 3.87. The van der Waals surface area contributed by atoms with Crippen LogP contribution in [-0.2, 0) is 0 Å². The van der Waals surface area contributed by atoms with E-state index in [2.05, 4.69) is 42.8 Å². The lowest BCUT2D eigenvalue weighted by Gasteiger charge is -2.28. The minimum atomic E-state index is -0.381. The van der Waals surface area contributed by atoms with Gasteiger partial charge in [0.25, 0.3) is 0 Å². The van der Waals surface area contributed by atoms with Gasteiger partial charge in [-0.2, -0.15) is 5.10 Å². The van der Waals surface area contributed by atoms with E-state index in [9.17, 15) is 4.39 Å². The number of halogens is 2. The molecular formula is C17H17BrFN5. The topological polar surface area (TPSA) is 46.8 Å². The molecule has 0 saturated heterocycles. The molecule has 0 aliphatic heterocycles. The highest BCUT2D eigenvalue weighted by molar-refractivity contribution is 9.10. The van der Waals surface area contributed by atoms with Crippen LogP contribution >= 0.6 is 15.9 Å². The third-order valence-corrected chi connectivity index (χ3v) is 4.34. The number of anilines is 1. The summed E-state index contributed by atoms with van der Waals surface area (Å²) in [6.07, 6.45) is 6.96. The first-order valence-corrected chi connectivity index (χ1v) is 8.38. The normalized spacial score (nSPS) is 12.2. The molecule has 1 unspecified atom stereocenters. The molecule has 24 heavy (non-hydrogen) atoms. The van der Waals surface area contributed by atoms with Crippen molar-refractivity contribution in [3.05, 3.63) is 64.9 Å². The number of hydrogen-bond donors (Lipinski definition) is 0. The van der Waals surface area contributed by atoms with E-state index in [1.807, 2.05) is 31.3 Å². The van der Waals surface area contributed by atoms with Crippen molar-refractivity contribution in [1.82, 2.24) is 19.7 Å². The second kappa shape index (κ2) is 7.09. The van der Waals surface area contributed by atoms with Crippen LogP contribution in [0.1, 0.15) is 24.9 Å². The van der Waals surface area contributed by atoms with Gasteiger partial charge in [0.1, 0.15) is 5.82 Å². The first-order valence-electron chi connectivity index (χ1n) is 7.59. The standard InChI is InChI=1S/C17H17BrFN5/c1-3-15(23(2)16-7-5-13(18)9-21-16)12-4-6-17(20-8-12)24-11-14(19)10-22-24/h4-11,15H,3H2,1-2H3. The highest BCUT2D eigenvalue weighted by Crippen LogP contribution is 2.27. The van der Waals surface area contributed by atoms with Crippen LogP contribution in [0, 0.1) is 5.82 Å². The number of hydrogen-bond acceptors (Lipinski definition) is 4. The van der Waals surface area contributed by atoms with Crippen molar-refractivity contribution < 1.29 is 4.39 Å². The fourth-order valence-corrected chi connectivity index (χ4v) is 2.86. The molecule has 0 amide bonds. The Labute approximate surface area is 148 Å². The first-order chi connectivity index (χ1) is 11.6. The Bertz CT molecular complexity index is 801. The molecule has 3 aromatic rings. The molecule has 5 nitrogen and oxygen atoms in total. The monoisotopic (exact) mass is 389 g/mol. The summed E-state index contributed by atoms with van der Waals surface area (Å²) in [7, 11) is 2.02. The van der Waals surface area contributed by atoms with E-state index in [4.69, 9.17) is 0 Å². The Balaban J connectivity index is 1.84. The van der Waals surface area contributed by atoms with Gasteiger partial charge in [-0.1, -0.05) is 13.0 Å². The van der Waals surface area contributed by atoms with Crippen molar-refractivity contribution in [3.63, 3.8) is 0 Å². The zero-order valence-electron chi connectivity index (χ0n) is 13.4. The van der Waals surface area contributed by atoms with E-state index >= 15 is 0 Å². The number of rotatable bonds is 5. The molecule has 0 radical (unpaired) electrons.